The van der Waals surface area contributed by atoms with Crippen LogP contribution in [0, 0.1) is 5.92 Å². The van der Waals surface area contributed by atoms with E-state index in [-0.39, 0.29) is 0 Å². The van der Waals surface area contributed by atoms with Crippen LogP contribution >= 0.6 is 11.6 Å². The van der Waals surface area contributed by atoms with E-state index in [4.69, 9.17) is 16.3 Å². The fraction of sp³-hybridized carbons (Fsp3) is 0.300. The number of aromatic nitrogens is 2. The van der Waals surface area contributed by atoms with Crippen LogP contribution < -0.4 is 15.0 Å². The van der Waals surface area contributed by atoms with Gasteiger partial charge in [0.25, 0.3) is 0 Å². The highest BCUT2D eigenvalue weighted by Gasteiger charge is 2.23. The molecule has 0 saturated carbocycles. The molecule has 0 spiro atoms. The van der Waals surface area contributed by atoms with E-state index in [9.17, 15) is 0 Å². The van der Waals surface area contributed by atoms with Gasteiger partial charge >= 0.3 is 0 Å². The highest BCUT2D eigenvalue weighted by molar-refractivity contribution is 6.31. The average molecular weight is 369 g/mol. The second-order valence-electron chi connectivity index (χ2n) is 6.57. The van der Waals surface area contributed by atoms with Crippen LogP contribution in [-0.2, 0) is 0 Å². The van der Waals surface area contributed by atoms with E-state index in [1.807, 2.05) is 30.3 Å². The Labute approximate surface area is 158 Å². The van der Waals surface area contributed by atoms with Crippen molar-refractivity contribution in [3.05, 3.63) is 53.8 Å². The maximum atomic E-state index is 6.05. The highest BCUT2D eigenvalue weighted by atomic mass is 35.5. The van der Waals surface area contributed by atoms with Crippen LogP contribution in [0.25, 0.3) is 10.9 Å². The molecule has 1 aromatic heterocycles. The van der Waals surface area contributed by atoms with Gasteiger partial charge in [-0.05, 0) is 42.7 Å². The number of hydrogen-bond acceptors (Lipinski definition) is 5. The molecule has 0 amide bonds. The summed E-state index contributed by atoms with van der Waals surface area (Å²) in [6.07, 6.45) is 2.73. The van der Waals surface area contributed by atoms with Crippen molar-refractivity contribution in [3.8, 4) is 5.75 Å². The smallest absolute Gasteiger partial charge is 0.137 e. The molecule has 0 radical (unpaired) electrons. The normalized spacial score (nSPS) is 16.8. The van der Waals surface area contributed by atoms with Crippen molar-refractivity contribution in [2.75, 3.05) is 37.0 Å². The number of nitrogens with one attached hydrogen (secondary N) is 1. The third-order valence-electron chi connectivity index (χ3n) is 4.86. The first kappa shape index (κ1) is 16.9. The second kappa shape index (κ2) is 7.38. The van der Waals surface area contributed by atoms with Gasteiger partial charge in [0.15, 0.2) is 0 Å². The minimum absolute atomic E-state index is 0.568. The first-order valence-corrected chi connectivity index (χ1v) is 9.14. The third kappa shape index (κ3) is 3.53. The molecule has 1 unspecified atom stereocenters. The van der Waals surface area contributed by atoms with Gasteiger partial charge in [0.1, 0.15) is 17.9 Å². The Balaban J connectivity index is 1.42. The zero-order valence-corrected chi connectivity index (χ0v) is 15.4. The number of rotatable bonds is 5. The summed E-state index contributed by atoms with van der Waals surface area (Å²) in [5.41, 5.74) is 2.08. The van der Waals surface area contributed by atoms with E-state index in [0.717, 1.165) is 48.5 Å². The Kier molecular flexibility index (Phi) is 4.80. The maximum absolute atomic E-state index is 6.05. The summed E-state index contributed by atoms with van der Waals surface area (Å²) in [6.45, 7) is 2.96. The van der Waals surface area contributed by atoms with E-state index < -0.39 is 0 Å². The average Bonchev–Trinajstić information content (AvgIpc) is 3.15. The Morgan fingerprint density at radius 1 is 1.23 bits per heavy atom. The molecule has 1 atom stereocenters. The van der Waals surface area contributed by atoms with Crippen molar-refractivity contribution in [2.24, 2.45) is 5.92 Å². The lowest BCUT2D eigenvalue weighted by Gasteiger charge is -2.19. The Morgan fingerprint density at radius 3 is 3.04 bits per heavy atom. The summed E-state index contributed by atoms with van der Waals surface area (Å²) in [6, 6.07) is 14.0. The standard InChI is InChI=1S/C20H21ClN4O/c1-26-17-4-2-3-16(10-17)25-8-7-14(12-25)11-22-20-18-6-5-15(21)9-19(18)23-13-24-20/h2-6,9-10,13-14H,7-8,11-12H2,1H3,(H,22,23,24). The lowest BCUT2D eigenvalue weighted by molar-refractivity contribution is 0.415. The molecule has 1 N–H and O–H groups in total. The second-order valence-corrected chi connectivity index (χ2v) is 7.00. The molecular weight excluding hydrogens is 348 g/mol. The van der Waals surface area contributed by atoms with E-state index in [1.54, 1.807) is 13.4 Å². The zero-order chi connectivity index (χ0) is 17.9. The molecule has 4 rings (SSSR count). The Hall–Kier alpha value is -2.53. The van der Waals surface area contributed by atoms with Gasteiger partial charge in [-0.15, -0.1) is 0 Å². The van der Waals surface area contributed by atoms with Gasteiger partial charge in [-0.1, -0.05) is 17.7 Å². The summed E-state index contributed by atoms with van der Waals surface area (Å²) < 4.78 is 5.33. The lowest BCUT2D eigenvalue weighted by Crippen LogP contribution is -2.22. The number of hydrogen-bond donors (Lipinski definition) is 1. The summed E-state index contributed by atoms with van der Waals surface area (Å²) >= 11 is 6.05. The van der Waals surface area contributed by atoms with E-state index in [2.05, 4.69) is 32.3 Å². The van der Waals surface area contributed by atoms with Crippen LogP contribution in [0.5, 0.6) is 5.75 Å². The maximum Gasteiger partial charge on any atom is 0.137 e. The van der Waals surface area contributed by atoms with Crippen LogP contribution in [0.1, 0.15) is 6.42 Å². The highest BCUT2D eigenvalue weighted by Crippen LogP contribution is 2.28. The van der Waals surface area contributed by atoms with Crippen LogP contribution in [0.3, 0.4) is 0 Å². The van der Waals surface area contributed by atoms with Crippen molar-refractivity contribution in [2.45, 2.75) is 6.42 Å². The first-order valence-electron chi connectivity index (χ1n) is 8.76. The van der Waals surface area contributed by atoms with Crippen LogP contribution in [0.4, 0.5) is 11.5 Å². The fourth-order valence-corrected chi connectivity index (χ4v) is 3.62. The fourth-order valence-electron chi connectivity index (χ4n) is 3.45. The quantitative estimate of drug-likeness (QED) is 0.730. The largest absolute Gasteiger partial charge is 0.497 e. The summed E-state index contributed by atoms with van der Waals surface area (Å²) in [5.74, 6) is 2.33. The summed E-state index contributed by atoms with van der Waals surface area (Å²) in [4.78, 5) is 11.1. The molecule has 1 aliphatic rings. The molecule has 2 heterocycles. The van der Waals surface area contributed by atoms with Crippen molar-refractivity contribution in [3.63, 3.8) is 0 Å². The predicted molar refractivity (Wildman–Crippen MR) is 106 cm³/mol. The van der Waals surface area contributed by atoms with Gasteiger partial charge in [-0.2, -0.15) is 0 Å². The topological polar surface area (TPSA) is 50.3 Å². The number of ether oxygens (including phenoxy) is 1. The molecule has 1 aliphatic heterocycles. The minimum Gasteiger partial charge on any atom is -0.497 e. The number of halogens is 1. The molecule has 134 valence electrons. The van der Waals surface area contributed by atoms with Gasteiger partial charge < -0.3 is 15.0 Å². The SMILES string of the molecule is COc1cccc(N2CCC(CNc3ncnc4cc(Cl)ccc34)C2)c1. The predicted octanol–water partition coefficient (Wildman–Crippen LogP) is 4.23. The molecule has 0 bridgehead atoms. The van der Waals surface area contributed by atoms with Crippen molar-refractivity contribution >= 4 is 34.0 Å². The summed E-state index contributed by atoms with van der Waals surface area (Å²) in [7, 11) is 1.70. The Bertz CT molecular complexity index is 917. The molecule has 1 fully saturated rings. The van der Waals surface area contributed by atoms with Crippen molar-refractivity contribution < 1.29 is 4.74 Å². The van der Waals surface area contributed by atoms with Crippen molar-refractivity contribution in [1.82, 2.24) is 9.97 Å². The van der Waals surface area contributed by atoms with Crippen molar-refractivity contribution in [1.29, 1.82) is 0 Å². The molecule has 0 aliphatic carbocycles. The monoisotopic (exact) mass is 368 g/mol. The molecule has 1 saturated heterocycles. The Morgan fingerprint density at radius 2 is 2.15 bits per heavy atom. The molecule has 5 nitrogen and oxygen atoms in total. The van der Waals surface area contributed by atoms with Gasteiger partial charge in [0, 0.05) is 41.8 Å². The van der Waals surface area contributed by atoms with Crippen LogP contribution in [-0.4, -0.2) is 36.7 Å². The lowest BCUT2D eigenvalue weighted by atomic mass is 10.1. The number of nitrogens with zero attached hydrogens (tertiary/aromatic N) is 3. The van der Waals surface area contributed by atoms with Gasteiger partial charge in [-0.25, -0.2) is 9.97 Å². The van der Waals surface area contributed by atoms with Crippen LogP contribution in [0.2, 0.25) is 5.02 Å². The van der Waals surface area contributed by atoms with Gasteiger partial charge in [0.05, 0.1) is 12.6 Å². The molecule has 6 heteroatoms. The van der Waals surface area contributed by atoms with E-state index in [1.165, 1.54) is 5.69 Å². The number of fused-ring (bicyclic) bond motifs is 1. The molecule has 3 aromatic rings. The minimum atomic E-state index is 0.568. The molecule has 2 aromatic carbocycles. The molecule has 26 heavy (non-hydrogen) atoms. The number of methoxy groups -OCH3 is 1. The van der Waals surface area contributed by atoms with E-state index >= 15 is 0 Å². The third-order valence-corrected chi connectivity index (χ3v) is 5.10. The van der Waals surface area contributed by atoms with Gasteiger partial charge in [-0.3, -0.25) is 0 Å². The van der Waals surface area contributed by atoms with Crippen LogP contribution in [0.15, 0.2) is 48.8 Å². The zero-order valence-electron chi connectivity index (χ0n) is 14.7. The first-order chi connectivity index (χ1) is 12.7. The number of benzene rings is 2. The number of anilines is 2. The molecular formula is C20H21ClN4O. The van der Waals surface area contributed by atoms with E-state index in [0.29, 0.717) is 10.9 Å². The summed E-state index contributed by atoms with van der Waals surface area (Å²) in [5, 5.41) is 5.18. The van der Waals surface area contributed by atoms with Gasteiger partial charge in [0.2, 0.25) is 0 Å².